The summed E-state index contributed by atoms with van der Waals surface area (Å²) < 4.78 is 0. The molecule has 0 bridgehead atoms. The molecule has 2 rings (SSSR count). The van der Waals surface area contributed by atoms with Crippen molar-refractivity contribution < 1.29 is 4.79 Å². The molecule has 1 aromatic carbocycles. The summed E-state index contributed by atoms with van der Waals surface area (Å²) in [6.45, 7) is 2.96. The molecule has 1 N–H and O–H groups in total. The minimum atomic E-state index is 0.00938. The number of thioether (sulfide) groups is 1. The van der Waals surface area contributed by atoms with E-state index in [2.05, 4.69) is 42.5 Å². The van der Waals surface area contributed by atoms with Crippen molar-refractivity contribution in [2.75, 3.05) is 26.0 Å². The van der Waals surface area contributed by atoms with Gasteiger partial charge in [-0.1, -0.05) is 6.07 Å². The van der Waals surface area contributed by atoms with Crippen LogP contribution < -0.4 is 5.32 Å². The van der Waals surface area contributed by atoms with Gasteiger partial charge in [0.15, 0.2) is 0 Å². The highest BCUT2D eigenvalue weighted by atomic mass is 32.2. The summed E-state index contributed by atoms with van der Waals surface area (Å²) in [6.07, 6.45) is 1.01. The van der Waals surface area contributed by atoms with E-state index in [0.717, 1.165) is 18.7 Å². The average Bonchev–Trinajstić information content (AvgIpc) is 2.28. The molecule has 1 amide bonds. The summed E-state index contributed by atoms with van der Waals surface area (Å²) in [7, 11) is 4.13. The Morgan fingerprint density at radius 2 is 2.18 bits per heavy atom. The highest BCUT2D eigenvalue weighted by Crippen LogP contribution is 2.35. The van der Waals surface area contributed by atoms with Crippen LogP contribution >= 0.6 is 11.8 Å². The van der Waals surface area contributed by atoms with Crippen LogP contribution in [-0.4, -0.2) is 36.7 Å². The molecule has 1 aromatic rings. The van der Waals surface area contributed by atoms with Gasteiger partial charge in [0.2, 0.25) is 5.91 Å². The Morgan fingerprint density at radius 1 is 1.41 bits per heavy atom. The second kappa shape index (κ2) is 5.10. The number of rotatable bonds is 3. The monoisotopic (exact) mass is 250 g/mol. The van der Waals surface area contributed by atoms with Crippen molar-refractivity contribution in [3.05, 3.63) is 23.8 Å². The highest BCUT2D eigenvalue weighted by Gasteiger charge is 2.22. The standard InChI is InChI=1S/C13H18N2OS/c1-9-13(16)14-11-8-10(6-7-15(2)3)4-5-12(11)17-9/h4-5,8-9H,6-7H2,1-3H3,(H,14,16). The van der Waals surface area contributed by atoms with E-state index in [4.69, 9.17) is 0 Å². The highest BCUT2D eigenvalue weighted by molar-refractivity contribution is 8.00. The van der Waals surface area contributed by atoms with Gasteiger partial charge in [-0.15, -0.1) is 11.8 Å². The first-order chi connectivity index (χ1) is 8.06. The molecule has 0 spiro atoms. The quantitative estimate of drug-likeness (QED) is 0.893. The fraction of sp³-hybridized carbons (Fsp3) is 0.462. The molecule has 3 nitrogen and oxygen atoms in total. The molecule has 17 heavy (non-hydrogen) atoms. The van der Waals surface area contributed by atoms with E-state index in [1.54, 1.807) is 11.8 Å². The molecule has 1 aliphatic rings. The van der Waals surface area contributed by atoms with Crippen LogP contribution in [0.15, 0.2) is 23.1 Å². The average molecular weight is 250 g/mol. The number of amides is 1. The molecular weight excluding hydrogens is 232 g/mol. The van der Waals surface area contributed by atoms with Gasteiger partial charge in [0.05, 0.1) is 10.9 Å². The Morgan fingerprint density at radius 3 is 2.88 bits per heavy atom. The lowest BCUT2D eigenvalue weighted by atomic mass is 10.1. The second-order valence-corrected chi connectivity index (χ2v) is 6.02. The number of anilines is 1. The summed E-state index contributed by atoms with van der Waals surface area (Å²) in [4.78, 5) is 14.9. The zero-order valence-corrected chi connectivity index (χ0v) is 11.3. The SMILES string of the molecule is CC1Sc2ccc(CCN(C)C)cc2NC1=O. The Labute approximate surface area is 107 Å². The van der Waals surface area contributed by atoms with Crippen LogP contribution in [0.2, 0.25) is 0 Å². The van der Waals surface area contributed by atoms with Crippen LogP contribution in [0.4, 0.5) is 5.69 Å². The summed E-state index contributed by atoms with van der Waals surface area (Å²) in [5.74, 6) is 0.104. The Hall–Kier alpha value is -1.00. The summed E-state index contributed by atoms with van der Waals surface area (Å²) in [6, 6.07) is 6.36. The predicted molar refractivity (Wildman–Crippen MR) is 72.6 cm³/mol. The Balaban J connectivity index is 2.14. The molecule has 1 aliphatic heterocycles. The van der Waals surface area contributed by atoms with Gasteiger partial charge in [0, 0.05) is 11.4 Å². The van der Waals surface area contributed by atoms with E-state index in [1.807, 2.05) is 6.92 Å². The number of hydrogen-bond donors (Lipinski definition) is 1. The van der Waals surface area contributed by atoms with Crippen LogP contribution in [0.3, 0.4) is 0 Å². The number of hydrogen-bond acceptors (Lipinski definition) is 3. The molecule has 0 aliphatic carbocycles. The predicted octanol–water partition coefficient (Wildman–Crippen LogP) is 2.22. The first kappa shape index (κ1) is 12.5. The van der Waals surface area contributed by atoms with Gasteiger partial charge in [0.25, 0.3) is 0 Å². The maximum absolute atomic E-state index is 11.6. The van der Waals surface area contributed by atoms with E-state index < -0.39 is 0 Å². The number of carbonyl (C=O) groups is 1. The van der Waals surface area contributed by atoms with Gasteiger partial charge in [-0.25, -0.2) is 0 Å². The topological polar surface area (TPSA) is 32.3 Å². The lowest BCUT2D eigenvalue weighted by Gasteiger charge is -2.22. The van der Waals surface area contributed by atoms with E-state index >= 15 is 0 Å². The van der Waals surface area contributed by atoms with Gasteiger partial charge in [-0.05, 0) is 45.1 Å². The van der Waals surface area contributed by atoms with Crippen molar-refractivity contribution in [3.8, 4) is 0 Å². The van der Waals surface area contributed by atoms with Crippen LogP contribution in [-0.2, 0) is 11.2 Å². The molecule has 0 saturated carbocycles. The Kier molecular flexibility index (Phi) is 3.74. The number of nitrogens with one attached hydrogen (secondary N) is 1. The number of carbonyl (C=O) groups excluding carboxylic acids is 1. The smallest absolute Gasteiger partial charge is 0.237 e. The molecular formula is C13H18N2OS. The first-order valence-electron chi connectivity index (χ1n) is 5.81. The fourth-order valence-corrected chi connectivity index (χ4v) is 2.69. The molecule has 1 heterocycles. The zero-order valence-electron chi connectivity index (χ0n) is 10.5. The summed E-state index contributed by atoms with van der Waals surface area (Å²) in [5, 5.41) is 2.97. The van der Waals surface area contributed by atoms with E-state index in [0.29, 0.717) is 0 Å². The van der Waals surface area contributed by atoms with Crippen LogP contribution in [0, 0.1) is 0 Å². The molecule has 0 aromatic heterocycles. The number of nitrogens with zero attached hydrogens (tertiary/aromatic N) is 1. The van der Waals surface area contributed by atoms with Crippen LogP contribution in [0.25, 0.3) is 0 Å². The molecule has 0 fully saturated rings. The maximum atomic E-state index is 11.6. The fourth-order valence-electron chi connectivity index (χ4n) is 1.76. The molecule has 1 atom stereocenters. The van der Waals surface area contributed by atoms with Crippen molar-refractivity contribution in [2.45, 2.75) is 23.5 Å². The molecule has 92 valence electrons. The van der Waals surface area contributed by atoms with Crippen LogP contribution in [0.5, 0.6) is 0 Å². The van der Waals surface area contributed by atoms with E-state index in [-0.39, 0.29) is 11.2 Å². The summed E-state index contributed by atoms with van der Waals surface area (Å²) >= 11 is 1.63. The number of benzene rings is 1. The molecule has 0 radical (unpaired) electrons. The third-order valence-electron chi connectivity index (χ3n) is 2.82. The lowest BCUT2D eigenvalue weighted by Crippen LogP contribution is -2.26. The third-order valence-corrected chi connectivity index (χ3v) is 4.00. The van der Waals surface area contributed by atoms with E-state index in [1.165, 1.54) is 10.5 Å². The van der Waals surface area contributed by atoms with E-state index in [9.17, 15) is 4.79 Å². The Bertz CT molecular complexity index is 431. The largest absolute Gasteiger partial charge is 0.324 e. The van der Waals surface area contributed by atoms with Crippen molar-refractivity contribution in [2.24, 2.45) is 0 Å². The van der Waals surface area contributed by atoms with Gasteiger partial charge < -0.3 is 10.2 Å². The van der Waals surface area contributed by atoms with Crippen molar-refractivity contribution in [1.29, 1.82) is 0 Å². The second-order valence-electron chi connectivity index (χ2n) is 4.63. The molecule has 0 saturated heterocycles. The van der Waals surface area contributed by atoms with Crippen molar-refractivity contribution in [3.63, 3.8) is 0 Å². The van der Waals surface area contributed by atoms with Gasteiger partial charge in [-0.3, -0.25) is 4.79 Å². The minimum absolute atomic E-state index is 0.00938. The zero-order chi connectivity index (χ0) is 12.4. The lowest BCUT2D eigenvalue weighted by molar-refractivity contribution is -0.115. The van der Waals surface area contributed by atoms with Gasteiger partial charge in [0.1, 0.15) is 0 Å². The maximum Gasteiger partial charge on any atom is 0.237 e. The number of fused-ring (bicyclic) bond motifs is 1. The number of likely N-dealkylation sites (N-methyl/N-ethyl adjacent to an activating group) is 1. The normalized spacial score (nSPS) is 19.1. The first-order valence-corrected chi connectivity index (χ1v) is 6.69. The third kappa shape index (κ3) is 3.01. The molecule has 1 unspecified atom stereocenters. The molecule has 4 heteroatoms. The van der Waals surface area contributed by atoms with Crippen LogP contribution in [0.1, 0.15) is 12.5 Å². The minimum Gasteiger partial charge on any atom is -0.324 e. The van der Waals surface area contributed by atoms with Gasteiger partial charge in [-0.2, -0.15) is 0 Å². The summed E-state index contributed by atoms with van der Waals surface area (Å²) in [5.41, 5.74) is 2.24. The van der Waals surface area contributed by atoms with Crippen molar-refractivity contribution >= 4 is 23.4 Å². The van der Waals surface area contributed by atoms with Crippen molar-refractivity contribution in [1.82, 2.24) is 4.90 Å². The van der Waals surface area contributed by atoms with Gasteiger partial charge >= 0.3 is 0 Å².